The van der Waals surface area contributed by atoms with Crippen LogP contribution in [-0.4, -0.2) is 31.5 Å². The molecule has 1 aromatic rings. The van der Waals surface area contributed by atoms with E-state index in [1.165, 1.54) is 6.21 Å². The number of esters is 1. The molecule has 0 bridgehead atoms. The van der Waals surface area contributed by atoms with Gasteiger partial charge < -0.3 is 14.2 Å². The standard InChI is InChI=1S/C13H14N2O5/c1-2-18-13(17)6-12(16)15-14-7-9-3-4-10-11(5-9)20-8-19-10/h3-5,7H,2,6,8H2,1H3,(H,15,16)/b14-7+. The van der Waals surface area contributed by atoms with Gasteiger partial charge in [-0.25, -0.2) is 5.43 Å². The summed E-state index contributed by atoms with van der Waals surface area (Å²) >= 11 is 0. The molecule has 1 aromatic carbocycles. The molecule has 0 atom stereocenters. The van der Waals surface area contributed by atoms with E-state index in [4.69, 9.17) is 9.47 Å². The molecule has 20 heavy (non-hydrogen) atoms. The van der Waals surface area contributed by atoms with Crippen molar-refractivity contribution in [3.8, 4) is 11.5 Å². The first kappa shape index (κ1) is 13.9. The molecule has 1 N–H and O–H groups in total. The van der Waals surface area contributed by atoms with Gasteiger partial charge in [-0.1, -0.05) is 0 Å². The van der Waals surface area contributed by atoms with Crippen LogP contribution in [-0.2, 0) is 14.3 Å². The smallest absolute Gasteiger partial charge is 0.315 e. The lowest BCUT2D eigenvalue weighted by Crippen LogP contribution is -2.22. The van der Waals surface area contributed by atoms with Crippen molar-refractivity contribution in [3.63, 3.8) is 0 Å². The topological polar surface area (TPSA) is 86.2 Å². The molecule has 0 aliphatic carbocycles. The lowest BCUT2D eigenvalue weighted by molar-refractivity contribution is -0.145. The summed E-state index contributed by atoms with van der Waals surface area (Å²) in [6.45, 7) is 2.12. The minimum absolute atomic E-state index is 0.201. The third-order valence-corrected chi connectivity index (χ3v) is 2.41. The summed E-state index contributed by atoms with van der Waals surface area (Å²) in [6.07, 6.45) is 1.09. The highest BCUT2D eigenvalue weighted by Gasteiger charge is 2.12. The van der Waals surface area contributed by atoms with Crippen molar-refractivity contribution >= 4 is 18.1 Å². The van der Waals surface area contributed by atoms with Gasteiger partial charge in [0.05, 0.1) is 12.8 Å². The van der Waals surface area contributed by atoms with Crippen molar-refractivity contribution in [3.05, 3.63) is 23.8 Å². The van der Waals surface area contributed by atoms with Gasteiger partial charge in [0.15, 0.2) is 11.5 Å². The van der Waals surface area contributed by atoms with Crippen LogP contribution in [0, 0.1) is 0 Å². The van der Waals surface area contributed by atoms with E-state index in [1.54, 1.807) is 25.1 Å². The Morgan fingerprint density at radius 1 is 1.40 bits per heavy atom. The van der Waals surface area contributed by atoms with Crippen LogP contribution in [0.4, 0.5) is 0 Å². The van der Waals surface area contributed by atoms with Crippen molar-refractivity contribution in [2.75, 3.05) is 13.4 Å². The summed E-state index contributed by atoms with van der Waals surface area (Å²) in [5.41, 5.74) is 2.99. The average Bonchev–Trinajstić information content (AvgIpc) is 2.86. The van der Waals surface area contributed by atoms with Gasteiger partial charge in [-0.05, 0) is 30.7 Å². The number of carbonyl (C=O) groups excluding carboxylic acids is 2. The van der Waals surface area contributed by atoms with E-state index in [-0.39, 0.29) is 19.8 Å². The zero-order valence-electron chi connectivity index (χ0n) is 10.9. The Labute approximate surface area is 115 Å². The molecule has 1 aliphatic rings. The van der Waals surface area contributed by atoms with Crippen LogP contribution < -0.4 is 14.9 Å². The van der Waals surface area contributed by atoms with E-state index in [2.05, 4.69) is 15.3 Å². The maximum Gasteiger partial charge on any atom is 0.315 e. The SMILES string of the molecule is CCOC(=O)CC(=O)N/N=C/c1ccc2c(c1)OCO2. The van der Waals surface area contributed by atoms with E-state index >= 15 is 0 Å². The van der Waals surface area contributed by atoms with Gasteiger partial charge in [-0.3, -0.25) is 9.59 Å². The number of rotatable bonds is 5. The number of hydrogen-bond donors (Lipinski definition) is 1. The van der Waals surface area contributed by atoms with Crippen LogP contribution in [0.15, 0.2) is 23.3 Å². The van der Waals surface area contributed by atoms with Crippen LogP contribution in [0.5, 0.6) is 11.5 Å². The Kier molecular flexibility index (Phi) is 4.54. The first-order valence-electron chi connectivity index (χ1n) is 6.06. The largest absolute Gasteiger partial charge is 0.466 e. The summed E-state index contributed by atoms with van der Waals surface area (Å²) < 4.78 is 15.0. The molecule has 0 fully saturated rings. The van der Waals surface area contributed by atoms with Crippen molar-refractivity contribution in [2.24, 2.45) is 5.10 Å². The molecule has 7 heteroatoms. The summed E-state index contributed by atoms with van der Waals surface area (Å²) in [4.78, 5) is 22.4. The molecule has 1 heterocycles. The van der Waals surface area contributed by atoms with E-state index in [0.717, 1.165) is 5.56 Å². The molecular formula is C13H14N2O5. The van der Waals surface area contributed by atoms with Crippen molar-refractivity contribution in [1.82, 2.24) is 5.43 Å². The number of hydrogen-bond acceptors (Lipinski definition) is 6. The molecule has 0 saturated heterocycles. The van der Waals surface area contributed by atoms with Gasteiger partial charge in [-0.2, -0.15) is 5.10 Å². The first-order chi connectivity index (χ1) is 9.69. The van der Waals surface area contributed by atoms with Crippen molar-refractivity contribution in [2.45, 2.75) is 13.3 Å². The Hall–Kier alpha value is -2.57. The highest BCUT2D eigenvalue weighted by atomic mass is 16.7. The number of benzene rings is 1. The van der Waals surface area contributed by atoms with Crippen LogP contribution in [0.2, 0.25) is 0 Å². The second-order valence-electron chi connectivity index (χ2n) is 3.89. The molecule has 2 rings (SSSR count). The second-order valence-corrected chi connectivity index (χ2v) is 3.89. The molecule has 7 nitrogen and oxygen atoms in total. The molecule has 0 saturated carbocycles. The number of nitrogens with one attached hydrogen (secondary N) is 1. The minimum Gasteiger partial charge on any atom is -0.466 e. The Bertz CT molecular complexity index is 542. The van der Waals surface area contributed by atoms with E-state index in [9.17, 15) is 9.59 Å². The van der Waals surface area contributed by atoms with Crippen molar-refractivity contribution in [1.29, 1.82) is 0 Å². The quantitative estimate of drug-likeness (QED) is 0.373. The van der Waals surface area contributed by atoms with Gasteiger partial charge in [-0.15, -0.1) is 0 Å². The Morgan fingerprint density at radius 2 is 2.20 bits per heavy atom. The lowest BCUT2D eigenvalue weighted by Gasteiger charge is -2.00. The van der Waals surface area contributed by atoms with Crippen LogP contribution in [0.25, 0.3) is 0 Å². The monoisotopic (exact) mass is 278 g/mol. The zero-order chi connectivity index (χ0) is 14.4. The fourth-order valence-corrected chi connectivity index (χ4v) is 1.55. The van der Waals surface area contributed by atoms with Gasteiger partial charge in [0.1, 0.15) is 6.42 Å². The van der Waals surface area contributed by atoms with Gasteiger partial charge in [0, 0.05) is 0 Å². The van der Waals surface area contributed by atoms with Gasteiger partial charge >= 0.3 is 5.97 Å². The second kappa shape index (κ2) is 6.55. The fourth-order valence-electron chi connectivity index (χ4n) is 1.55. The highest BCUT2D eigenvalue weighted by molar-refractivity contribution is 5.94. The molecule has 0 unspecified atom stereocenters. The van der Waals surface area contributed by atoms with Crippen LogP contribution in [0.3, 0.4) is 0 Å². The Morgan fingerprint density at radius 3 is 3.00 bits per heavy atom. The molecule has 0 radical (unpaired) electrons. The summed E-state index contributed by atoms with van der Waals surface area (Å²) in [5.74, 6) is 0.198. The highest BCUT2D eigenvalue weighted by Crippen LogP contribution is 2.31. The van der Waals surface area contributed by atoms with E-state index in [0.29, 0.717) is 11.5 Å². The molecule has 0 aromatic heterocycles. The number of ether oxygens (including phenoxy) is 3. The summed E-state index contributed by atoms with van der Waals surface area (Å²) in [5, 5.41) is 3.75. The predicted molar refractivity (Wildman–Crippen MR) is 69.6 cm³/mol. The van der Waals surface area contributed by atoms with Crippen molar-refractivity contribution < 1.29 is 23.8 Å². The number of hydrazone groups is 1. The number of amides is 1. The molecule has 1 aliphatic heterocycles. The first-order valence-corrected chi connectivity index (χ1v) is 6.06. The lowest BCUT2D eigenvalue weighted by atomic mass is 10.2. The van der Waals surface area contributed by atoms with Gasteiger partial charge in [0.25, 0.3) is 5.91 Å². The maximum absolute atomic E-state index is 11.3. The van der Waals surface area contributed by atoms with Crippen LogP contribution >= 0.6 is 0 Å². The number of fused-ring (bicyclic) bond motifs is 1. The normalized spacial score (nSPS) is 12.4. The third-order valence-electron chi connectivity index (χ3n) is 2.41. The Balaban J connectivity index is 1.84. The van der Waals surface area contributed by atoms with E-state index in [1.807, 2.05) is 0 Å². The minimum atomic E-state index is -0.580. The zero-order valence-corrected chi connectivity index (χ0v) is 10.9. The fraction of sp³-hybridized carbons (Fsp3) is 0.308. The third kappa shape index (κ3) is 3.71. The molecular weight excluding hydrogens is 264 g/mol. The summed E-state index contributed by atoms with van der Waals surface area (Å²) in [6, 6.07) is 5.27. The predicted octanol–water partition coefficient (Wildman–Crippen LogP) is 0.819. The summed E-state index contributed by atoms with van der Waals surface area (Å²) in [7, 11) is 0. The van der Waals surface area contributed by atoms with Crippen LogP contribution in [0.1, 0.15) is 18.9 Å². The number of nitrogens with zero attached hydrogens (tertiary/aromatic N) is 1. The maximum atomic E-state index is 11.3. The molecule has 0 spiro atoms. The van der Waals surface area contributed by atoms with Gasteiger partial charge in [0.2, 0.25) is 6.79 Å². The molecule has 1 amide bonds. The average molecular weight is 278 g/mol. The van der Waals surface area contributed by atoms with E-state index < -0.39 is 11.9 Å². The molecule has 106 valence electrons. The number of carbonyl (C=O) groups is 2.